The van der Waals surface area contributed by atoms with Gasteiger partial charge < -0.3 is 25.5 Å². The van der Waals surface area contributed by atoms with E-state index >= 15 is 0 Å². The molecule has 2 aromatic heterocycles. The number of aryl methyl sites for hydroxylation is 1. The molecule has 234 valence electrons. The number of anilines is 3. The lowest BCUT2D eigenvalue weighted by Crippen LogP contribution is -2.53. The highest BCUT2D eigenvalue weighted by Gasteiger charge is 2.45. The van der Waals surface area contributed by atoms with E-state index in [1.807, 2.05) is 13.0 Å². The Kier molecular flexibility index (Phi) is 8.73. The largest absolute Gasteiger partial charge is 0.581 e. The summed E-state index contributed by atoms with van der Waals surface area (Å²) in [6.45, 7) is 18.2. The molecule has 2 aliphatic heterocycles. The Hall–Kier alpha value is -3.95. The molecule has 5 rings (SSSR count). The van der Waals surface area contributed by atoms with Crippen molar-refractivity contribution in [1.29, 1.82) is 10.7 Å². The normalized spacial score (nSPS) is 21.5. The first-order valence-corrected chi connectivity index (χ1v) is 16.1. The summed E-state index contributed by atoms with van der Waals surface area (Å²) in [5.41, 5.74) is 8.01. The molecule has 2 aromatic rings. The number of nitrogens with zero attached hydrogens (tertiary/aromatic N) is 7. The predicted octanol–water partition coefficient (Wildman–Crippen LogP) is 3.09. The molecule has 0 spiro atoms. The van der Waals surface area contributed by atoms with E-state index in [2.05, 4.69) is 59.2 Å². The fourth-order valence-corrected chi connectivity index (χ4v) is 7.70. The Morgan fingerprint density at radius 3 is 2.45 bits per heavy atom. The topological polar surface area (TPSA) is 152 Å². The molecule has 0 saturated carbocycles. The summed E-state index contributed by atoms with van der Waals surface area (Å²) in [4.78, 5) is 31.4. The third-order valence-electron chi connectivity index (χ3n) is 9.22. The molecule has 11 nitrogen and oxygen atoms in total. The van der Waals surface area contributed by atoms with Gasteiger partial charge in [0.05, 0.1) is 5.56 Å². The number of nitrogens with two attached hydrogens (primary N) is 1. The van der Waals surface area contributed by atoms with Crippen LogP contribution >= 0.6 is 11.3 Å². The van der Waals surface area contributed by atoms with Crippen LogP contribution in [0, 0.1) is 16.7 Å². The quantitative estimate of drug-likeness (QED) is 0.226. The number of rotatable bonds is 5. The number of aliphatic imine (C=N–C) groups is 1. The van der Waals surface area contributed by atoms with Crippen molar-refractivity contribution in [1.82, 2.24) is 14.8 Å². The van der Waals surface area contributed by atoms with Gasteiger partial charge in [-0.3, -0.25) is 15.1 Å². The van der Waals surface area contributed by atoms with E-state index in [1.54, 1.807) is 4.90 Å². The number of nitriles is 1. The lowest BCUT2D eigenvalue weighted by Gasteiger charge is -2.43. The maximum atomic E-state index is 12.2. The van der Waals surface area contributed by atoms with E-state index in [0.29, 0.717) is 48.9 Å². The molecule has 2 saturated heterocycles. The molecule has 1 unspecified atom stereocenters. The first-order valence-electron chi connectivity index (χ1n) is 15.3. The minimum absolute atomic E-state index is 0.0434. The third kappa shape index (κ3) is 6.03. The van der Waals surface area contributed by atoms with Crippen LogP contribution in [0.25, 0.3) is 0 Å². The Morgan fingerprint density at radius 2 is 1.84 bits per heavy atom. The summed E-state index contributed by atoms with van der Waals surface area (Å²) in [5, 5.41) is 28.4. The van der Waals surface area contributed by atoms with Gasteiger partial charge >= 0.3 is 5.90 Å². The number of carbonyl (C=O) groups is 1. The summed E-state index contributed by atoms with van der Waals surface area (Å²) < 4.78 is 0. The third-order valence-corrected chi connectivity index (χ3v) is 10.3. The van der Waals surface area contributed by atoms with Crippen LogP contribution in [0.2, 0.25) is 0 Å². The minimum Gasteiger partial charge on any atom is -0.581 e. The Morgan fingerprint density at radius 1 is 1.18 bits per heavy atom. The first kappa shape index (κ1) is 31.5. The van der Waals surface area contributed by atoms with Gasteiger partial charge in [-0.25, -0.2) is 4.98 Å². The van der Waals surface area contributed by atoms with Crippen molar-refractivity contribution in [3.05, 3.63) is 46.5 Å². The summed E-state index contributed by atoms with van der Waals surface area (Å²) in [5.74, 6) is 0.678. The Balaban J connectivity index is 1.47. The van der Waals surface area contributed by atoms with Crippen molar-refractivity contribution in [3.63, 3.8) is 0 Å². The number of thiophene rings is 1. The molecule has 4 heterocycles. The number of hydrogen-bond donors (Lipinski definition) is 2. The van der Waals surface area contributed by atoms with Gasteiger partial charge in [-0.1, -0.05) is 6.58 Å². The number of amides is 1. The number of fused-ring (bicyclic) bond motifs is 1. The van der Waals surface area contributed by atoms with Crippen molar-refractivity contribution in [2.45, 2.75) is 57.9 Å². The Labute approximate surface area is 263 Å². The van der Waals surface area contributed by atoms with Gasteiger partial charge in [0, 0.05) is 80.1 Å². The highest BCUT2D eigenvalue weighted by Crippen LogP contribution is 2.46. The van der Waals surface area contributed by atoms with Crippen LogP contribution in [0.3, 0.4) is 0 Å². The van der Waals surface area contributed by atoms with Crippen LogP contribution in [-0.2, 0) is 16.6 Å². The van der Waals surface area contributed by atoms with E-state index in [4.69, 9.17) is 21.2 Å². The average Bonchev–Trinajstić information content (AvgIpc) is 3.36. The number of pyridine rings is 1. The van der Waals surface area contributed by atoms with Crippen molar-refractivity contribution in [2.24, 2.45) is 4.99 Å². The van der Waals surface area contributed by atoms with Crippen molar-refractivity contribution >= 4 is 45.5 Å². The summed E-state index contributed by atoms with van der Waals surface area (Å²) in [6, 6.07) is 6.19. The minimum atomic E-state index is -0.809. The zero-order valence-electron chi connectivity index (χ0n) is 26.2. The first-order chi connectivity index (χ1) is 20.8. The molecular weight excluding hydrogens is 574 g/mol. The summed E-state index contributed by atoms with van der Waals surface area (Å²) in [7, 11) is 0. The fraction of sp³-hybridized carbons (Fsp3) is 0.531. The van der Waals surface area contributed by atoms with E-state index in [-0.39, 0.29) is 23.2 Å². The second-order valence-electron chi connectivity index (χ2n) is 13.0. The summed E-state index contributed by atoms with van der Waals surface area (Å²) >= 11 is 1.42. The monoisotopic (exact) mass is 618 g/mol. The number of amidine groups is 1. The number of nitrogens with one attached hydrogen (secondary N) is 1. The molecular formula is C32H44N9O2S+. The van der Waals surface area contributed by atoms with E-state index in [9.17, 15) is 10.1 Å². The maximum Gasteiger partial charge on any atom is 0.343 e. The second-order valence-corrected chi connectivity index (χ2v) is 14.1. The molecule has 44 heavy (non-hydrogen) atoms. The molecule has 3 aliphatic rings. The van der Waals surface area contributed by atoms with E-state index in [1.165, 1.54) is 17.4 Å². The molecule has 1 atom stereocenters. The van der Waals surface area contributed by atoms with Gasteiger partial charge in [-0.05, 0) is 59.1 Å². The zero-order chi connectivity index (χ0) is 31.8. The number of nitrogen functional groups attached to an aromatic ring is 1. The highest BCUT2D eigenvalue weighted by atomic mass is 32.1. The molecule has 0 bridgehead atoms. The molecule has 2 fully saturated rings. The van der Waals surface area contributed by atoms with Gasteiger partial charge in [-0.2, -0.15) is 5.26 Å². The number of carbonyl (C=O) groups excluding carboxylic acids is 1. The highest BCUT2D eigenvalue weighted by molar-refractivity contribution is 7.16. The van der Waals surface area contributed by atoms with Gasteiger partial charge in [0.25, 0.3) is 0 Å². The molecule has 1 amide bonds. The smallest absolute Gasteiger partial charge is 0.343 e. The summed E-state index contributed by atoms with van der Waals surface area (Å²) in [6.07, 6.45) is 3.70. The second kappa shape index (κ2) is 12.2. The van der Waals surface area contributed by atoms with Crippen LogP contribution in [0.15, 0.2) is 29.8 Å². The zero-order valence-corrected chi connectivity index (χ0v) is 27.1. The average molecular weight is 619 g/mol. The van der Waals surface area contributed by atoms with Gasteiger partial charge in [-0.15, -0.1) is 16.3 Å². The number of hydrogen-bond acceptors (Lipinski definition) is 9. The van der Waals surface area contributed by atoms with Crippen LogP contribution in [0.1, 0.15) is 62.2 Å². The van der Waals surface area contributed by atoms with Crippen LogP contribution in [0.5, 0.6) is 0 Å². The van der Waals surface area contributed by atoms with Crippen molar-refractivity contribution < 1.29 is 9.90 Å². The number of piperazine rings is 2. The standard InChI is InChI=1S/C32H43N9O2S/c1-6-26(42)40-12-10-38(11-13-40)21-18-23(36-25(19-21)39-14-16-41(17-15-39)31(2,3)4)28(34)37-30(43)32(5)9-7-8-24-27(32)22(20-33)29(35)44-24/h6,18-19H,1,7-17,35H2,2-5H3,(H2,34,37,43)/p+1. The van der Waals surface area contributed by atoms with E-state index < -0.39 is 5.41 Å². The predicted molar refractivity (Wildman–Crippen MR) is 178 cm³/mol. The molecule has 1 aliphatic carbocycles. The van der Waals surface area contributed by atoms with Crippen LogP contribution in [-0.4, -0.2) is 95.4 Å². The molecule has 5 N–H and O–H groups in total. The lowest BCUT2D eigenvalue weighted by atomic mass is 9.72. The van der Waals surface area contributed by atoms with Gasteiger partial charge in [0.15, 0.2) is 5.84 Å². The van der Waals surface area contributed by atoms with Crippen molar-refractivity contribution in [3.8, 4) is 6.07 Å². The molecule has 12 heteroatoms. The lowest BCUT2D eigenvalue weighted by molar-refractivity contribution is -0.126. The molecule has 0 aromatic carbocycles. The van der Waals surface area contributed by atoms with Crippen molar-refractivity contribution in [2.75, 3.05) is 67.9 Å². The Bertz CT molecular complexity index is 1520. The van der Waals surface area contributed by atoms with Crippen LogP contribution in [0.4, 0.5) is 16.5 Å². The van der Waals surface area contributed by atoms with E-state index in [0.717, 1.165) is 61.0 Å². The number of aromatic nitrogens is 1. The van der Waals surface area contributed by atoms with Crippen LogP contribution < -0.4 is 15.5 Å². The van der Waals surface area contributed by atoms with Gasteiger partial charge in [0.2, 0.25) is 5.91 Å². The molecule has 0 radical (unpaired) electrons. The SMILES string of the molecule is C=CC(=O)N1CCN(c2cc(C(=N)N=C([OH2+])C3(C)CCCc4sc(N)c(C#N)c43)nc(N3CCN(C(C)(C)C)CC3)c2)CC1. The maximum absolute atomic E-state index is 12.2. The van der Waals surface area contributed by atoms with Gasteiger partial charge in [0.1, 0.15) is 28.0 Å². The fourth-order valence-electron chi connectivity index (χ4n) is 6.51.